The fraction of sp³-hybridized carbons (Fsp3) is 0.556. The van der Waals surface area contributed by atoms with Crippen LogP contribution in [0.3, 0.4) is 0 Å². The summed E-state index contributed by atoms with van der Waals surface area (Å²) in [5.74, 6) is 1.06. The molecule has 70 valence electrons. The molecule has 4 nitrogen and oxygen atoms in total. The van der Waals surface area contributed by atoms with Gasteiger partial charge in [-0.25, -0.2) is 9.67 Å². The quantitative estimate of drug-likeness (QED) is 0.758. The van der Waals surface area contributed by atoms with Crippen LogP contribution in [-0.4, -0.2) is 19.7 Å². The van der Waals surface area contributed by atoms with E-state index in [1.165, 1.54) is 0 Å². The van der Waals surface area contributed by atoms with Gasteiger partial charge in [0.05, 0.1) is 5.69 Å². The van der Waals surface area contributed by atoms with Gasteiger partial charge in [0.1, 0.15) is 11.3 Å². The van der Waals surface area contributed by atoms with Crippen LogP contribution >= 0.6 is 0 Å². The van der Waals surface area contributed by atoms with Crippen molar-refractivity contribution >= 4 is 11.2 Å². The minimum Gasteiger partial charge on any atom is -0.339 e. The van der Waals surface area contributed by atoms with Gasteiger partial charge < -0.3 is 4.98 Å². The van der Waals surface area contributed by atoms with Gasteiger partial charge in [0.2, 0.25) is 0 Å². The monoisotopic (exact) mass is 178 g/mol. The number of aromatic nitrogens is 4. The Balaban J connectivity index is 2.56. The van der Waals surface area contributed by atoms with Gasteiger partial charge >= 0.3 is 0 Å². The molecule has 0 aliphatic heterocycles. The SMILES string of the molecule is CCCc1nc2c([nH]1)c(C)nn2C. The molecule has 1 N–H and O–H groups in total. The maximum absolute atomic E-state index is 4.47. The first-order chi connectivity index (χ1) is 6.22. The molecule has 2 aromatic rings. The summed E-state index contributed by atoms with van der Waals surface area (Å²) < 4.78 is 1.82. The molecule has 4 heteroatoms. The van der Waals surface area contributed by atoms with Crippen molar-refractivity contribution in [2.24, 2.45) is 7.05 Å². The lowest BCUT2D eigenvalue weighted by Gasteiger charge is -1.90. The predicted octanol–water partition coefficient (Wildman–Crippen LogP) is 1.56. The van der Waals surface area contributed by atoms with E-state index in [-0.39, 0.29) is 0 Å². The van der Waals surface area contributed by atoms with Gasteiger partial charge in [-0.2, -0.15) is 5.10 Å². The molecule has 0 aliphatic carbocycles. The first-order valence-electron chi connectivity index (χ1n) is 4.60. The highest BCUT2D eigenvalue weighted by molar-refractivity contribution is 5.74. The van der Waals surface area contributed by atoms with Crippen LogP contribution in [0.15, 0.2) is 0 Å². The van der Waals surface area contributed by atoms with E-state index in [4.69, 9.17) is 0 Å². The van der Waals surface area contributed by atoms with Crippen molar-refractivity contribution in [1.29, 1.82) is 0 Å². The standard InChI is InChI=1S/C9H14N4/c1-4-5-7-10-8-6(2)12-13(3)9(8)11-7/h4-5H2,1-3H3,(H,10,11). The minimum absolute atomic E-state index is 0.959. The normalized spacial score (nSPS) is 11.3. The third kappa shape index (κ3) is 1.22. The molecular formula is C9H14N4. The Bertz CT molecular complexity index is 389. The number of hydrogen-bond donors (Lipinski definition) is 1. The van der Waals surface area contributed by atoms with Gasteiger partial charge in [0, 0.05) is 13.5 Å². The highest BCUT2D eigenvalue weighted by Crippen LogP contribution is 2.14. The van der Waals surface area contributed by atoms with Crippen LogP contribution in [0.1, 0.15) is 24.9 Å². The van der Waals surface area contributed by atoms with E-state index < -0.39 is 0 Å². The maximum atomic E-state index is 4.47. The predicted molar refractivity (Wildman–Crippen MR) is 51.6 cm³/mol. The molecule has 0 saturated heterocycles. The molecule has 2 rings (SSSR count). The Hall–Kier alpha value is -1.32. The van der Waals surface area contributed by atoms with E-state index in [9.17, 15) is 0 Å². The van der Waals surface area contributed by atoms with Gasteiger partial charge in [-0.15, -0.1) is 0 Å². The molecule has 2 aromatic heterocycles. The fourth-order valence-corrected chi connectivity index (χ4v) is 1.58. The first kappa shape index (κ1) is 8.29. The zero-order valence-electron chi connectivity index (χ0n) is 8.26. The van der Waals surface area contributed by atoms with Crippen LogP contribution < -0.4 is 0 Å². The van der Waals surface area contributed by atoms with Crippen LogP contribution in [0.25, 0.3) is 11.2 Å². The van der Waals surface area contributed by atoms with Crippen molar-refractivity contribution in [3.63, 3.8) is 0 Å². The second-order valence-electron chi connectivity index (χ2n) is 3.34. The number of nitrogens with zero attached hydrogens (tertiary/aromatic N) is 3. The zero-order valence-corrected chi connectivity index (χ0v) is 8.26. The largest absolute Gasteiger partial charge is 0.339 e. The topological polar surface area (TPSA) is 46.5 Å². The summed E-state index contributed by atoms with van der Waals surface area (Å²) in [7, 11) is 1.92. The second kappa shape index (κ2) is 2.87. The zero-order chi connectivity index (χ0) is 9.42. The number of fused-ring (bicyclic) bond motifs is 1. The molecule has 0 radical (unpaired) electrons. The number of imidazole rings is 1. The summed E-state index contributed by atoms with van der Waals surface area (Å²) in [6, 6.07) is 0. The number of H-pyrrole nitrogens is 1. The summed E-state index contributed by atoms with van der Waals surface area (Å²) in [4.78, 5) is 7.76. The Kier molecular flexibility index (Phi) is 1.83. The number of aromatic amines is 1. The van der Waals surface area contributed by atoms with Crippen LogP contribution in [0.4, 0.5) is 0 Å². The summed E-state index contributed by atoms with van der Waals surface area (Å²) in [6.07, 6.45) is 2.13. The number of rotatable bonds is 2. The van der Waals surface area contributed by atoms with E-state index >= 15 is 0 Å². The lowest BCUT2D eigenvalue weighted by molar-refractivity contribution is 0.765. The third-order valence-corrected chi connectivity index (χ3v) is 2.19. The van der Waals surface area contributed by atoms with Crippen molar-refractivity contribution < 1.29 is 0 Å². The smallest absolute Gasteiger partial charge is 0.176 e. The molecule has 0 atom stereocenters. The molecule has 0 saturated carbocycles. The molecule has 0 unspecified atom stereocenters. The van der Waals surface area contributed by atoms with Gasteiger partial charge in [-0.1, -0.05) is 6.92 Å². The molecule has 0 fully saturated rings. The van der Waals surface area contributed by atoms with Crippen molar-refractivity contribution in [2.45, 2.75) is 26.7 Å². The maximum Gasteiger partial charge on any atom is 0.176 e. The third-order valence-electron chi connectivity index (χ3n) is 2.19. The summed E-state index contributed by atoms with van der Waals surface area (Å²) >= 11 is 0. The van der Waals surface area contributed by atoms with Gasteiger partial charge in [-0.05, 0) is 13.3 Å². The van der Waals surface area contributed by atoms with Crippen molar-refractivity contribution in [2.75, 3.05) is 0 Å². The highest BCUT2D eigenvalue weighted by atomic mass is 15.3. The van der Waals surface area contributed by atoms with Crippen molar-refractivity contribution in [1.82, 2.24) is 19.7 Å². The Labute approximate surface area is 77.0 Å². The summed E-state index contributed by atoms with van der Waals surface area (Å²) in [6.45, 7) is 4.15. The minimum atomic E-state index is 0.959. The molecule has 0 aliphatic rings. The lowest BCUT2D eigenvalue weighted by atomic mass is 10.3. The van der Waals surface area contributed by atoms with E-state index in [1.807, 2.05) is 18.7 Å². The average molecular weight is 178 g/mol. The molecule has 0 bridgehead atoms. The fourth-order valence-electron chi connectivity index (χ4n) is 1.58. The van der Waals surface area contributed by atoms with Crippen molar-refractivity contribution in [3.8, 4) is 0 Å². The molecular weight excluding hydrogens is 164 g/mol. The summed E-state index contributed by atoms with van der Waals surface area (Å²) in [5.41, 5.74) is 3.05. The van der Waals surface area contributed by atoms with E-state index in [1.54, 1.807) is 0 Å². The van der Waals surface area contributed by atoms with Crippen LogP contribution in [-0.2, 0) is 13.5 Å². The van der Waals surface area contributed by atoms with Gasteiger partial charge in [0.25, 0.3) is 0 Å². The van der Waals surface area contributed by atoms with Gasteiger partial charge in [0.15, 0.2) is 5.65 Å². The number of aryl methyl sites for hydroxylation is 3. The summed E-state index contributed by atoms with van der Waals surface area (Å²) in [5, 5.41) is 4.27. The van der Waals surface area contributed by atoms with E-state index in [0.29, 0.717) is 0 Å². The number of nitrogens with one attached hydrogen (secondary N) is 1. The first-order valence-corrected chi connectivity index (χ1v) is 4.60. The Morgan fingerprint density at radius 2 is 2.23 bits per heavy atom. The highest BCUT2D eigenvalue weighted by Gasteiger charge is 2.09. The average Bonchev–Trinajstić information content (AvgIpc) is 2.57. The second-order valence-corrected chi connectivity index (χ2v) is 3.34. The van der Waals surface area contributed by atoms with Gasteiger partial charge in [-0.3, -0.25) is 0 Å². The Morgan fingerprint density at radius 1 is 1.46 bits per heavy atom. The molecule has 13 heavy (non-hydrogen) atoms. The van der Waals surface area contributed by atoms with Crippen LogP contribution in [0.2, 0.25) is 0 Å². The molecule has 2 heterocycles. The van der Waals surface area contributed by atoms with E-state index in [2.05, 4.69) is 22.0 Å². The molecule has 0 spiro atoms. The molecule has 0 aromatic carbocycles. The Morgan fingerprint density at radius 3 is 2.85 bits per heavy atom. The number of hydrogen-bond acceptors (Lipinski definition) is 2. The lowest BCUT2D eigenvalue weighted by Crippen LogP contribution is -1.93. The van der Waals surface area contributed by atoms with Crippen LogP contribution in [0.5, 0.6) is 0 Å². The van der Waals surface area contributed by atoms with Crippen LogP contribution in [0, 0.1) is 6.92 Å². The van der Waals surface area contributed by atoms with Crippen molar-refractivity contribution in [3.05, 3.63) is 11.5 Å². The molecule has 0 amide bonds. The van der Waals surface area contributed by atoms with E-state index in [0.717, 1.165) is 35.5 Å².